The van der Waals surface area contributed by atoms with Crippen LogP contribution in [0.1, 0.15) is 62.1 Å². The number of carbonyl (C=O) groups is 2. The van der Waals surface area contributed by atoms with Crippen LogP contribution in [0.5, 0.6) is 5.75 Å². The highest BCUT2D eigenvalue weighted by Gasteiger charge is 2.30. The first-order chi connectivity index (χ1) is 15.5. The third-order valence-electron chi connectivity index (χ3n) is 6.37. The second-order valence-corrected chi connectivity index (χ2v) is 8.81. The van der Waals surface area contributed by atoms with Gasteiger partial charge in [0.2, 0.25) is 5.91 Å². The number of nitrogens with one attached hydrogen (secondary N) is 1. The first-order valence-electron chi connectivity index (χ1n) is 11.8. The van der Waals surface area contributed by atoms with Crippen LogP contribution in [-0.4, -0.2) is 35.4 Å². The lowest BCUT2D eigenvalue weighted by atomic mass is 9.95. The molecule has 1 aliphatic rings. The third kappa shape index (κ3) is 6.59. The lowest BCUT2D eigenvalue weighted by molar-refractivity contribution is -0.143. The third-order valence-corrected chi connectivity index (χ3v) is 6.37. The zero-order chi connectivity index (χ0) is 22.9. The largest absolute Gasteiger partial charge is 0.484 e. The van der Waals surface area contributed by atoms with Crippen molar-refractivity contribution in [3.05, 3.63) is 65.2 Å². The molecule has 1 saturated carbocycles. The van der Waals surface area contributed by atoms with E-state index in [9.17, 15) is 9.59 Å². The minimum absolute atomic E-state index is 0.0603. The van der Waals surface area contributed by atoms with E-state index in [4.69, 9.17) is 4.74 Å². The average Bonchev–Trinajstić information content (AvgIpc) is 2.81. The molecule has 5 nitrogen and oxygen atoms in total. The van der Waals surface area contributed by atoms with Crippen molar-refractivity contribution in [2.24, 2.45) is 0 Å². The number of amides is 2. The van der Waals surface area contributed by atoms with Crippen LogP contribution in [0.3, 0.4) is 0 Å². The van der Waals surface area contributed by atoms with Crippen molar-refractivity contribution >= 4 is 11.8 Å². The van der Waals surface area contributed by atoms with Gasteiger partial charge in [-0.1, -0.05) is 62.6 Å². The maximum atomic E-state index is 13.3. The molecular weight excluding hydrogens is 400 g/mol. The summed E-state index contributed by atoms with van der Waals surface area (Å²) in [5.41, 5.74) is 3.30. The Morgan fingerprint density at radius 3 is 2.41 bits per heavy atom. The zero-order valence-corrected chi connectivity index (χ0v) is 19.6. The van der Waals surface area contributed by atoms with Crippen molar-refractivity contribution in [2.75, 3.05) is 6.61 Å². The molecule has 0 heterocycles. The summed E-state index contributed by atoms with van der Waals surface area (Å²) in [6.45, 7) is 6.31. The molecule has 0 aliphatic heterocycles. The van der Waals surface area contributed by atoms with Gasteiger partial charge in [0.1, 0.15) is 11.8 Å². The van der Waals surface area contributed by atoms with Crippen molar-refractivity contribution < 1.29 is 14.3 Å². The summed E-state index contributed by atoms with van der Waals surface area (Å²) in [4.78, 5) is 28.2. The van der Waals surface area contributed by atoms with E-state index in [2.05, 4.69) is 5.32 Å². The summed E-state index contributed by atoms with van der Waals surface area (Å²) in [7, 11) is 0. The van der Waals surface area contributed by atoms with Crippen molar-refractivity contribution in [3.63, 3.8) is 0 Å². The summed E-state index contributed by atoms with van der Waals surface area (Å²) >= 11 is 0. The van der Waals surface area contributed by atoms with Gasteiger partial charge in [-0.25, -0.2) is 0 Å². The lowest BCUT2D eigenvalue weighted by Crippen LogP contribution is -2.52. The smallest absolute Gasteiger partial charge is 0.261 e. The Balaban J connectivity index is 1.73. The first kappa shape index (κ1) is 23.8. The number of rotatable bonds is 9. The van der Waals surface area contributed by atoms with Crippen molar-refractivity contribution in [1.29, 1.82) is 0 Å². The molecule has 5 heteroatoms. The zero-order valence-electron chi connectivity index (χ0n) is 19.6. The predicted molar refractivity (Wildman–Crippen MR) is 127 cm³/mol. The Bertz CT molecular complexity index is 891. The molecule has 0 bridgehead atoms. The van der Waals surface area contributed by atoms with Crippen LogP contribution in [0.25, 0.3) is 0 Å². The second-order valence-electron chi connectivity index (χ2n) is 8.81. The molecule has 1 fully saturated rings. The van der Waals surface area contributed by atoms with Gasteiger partial charge in [-0.3, -0.25) is 9.59 Å². The average molecular weight is 437 g/mol. The Kier molecular flexibility index (Phi) is 8.72. The molecule has 0 saturated heterocycles. The minimum Gasteiger partial charge on any atom is -0.484 e. The van der Waals surface area contributed by atoms with Gasteiger partial charge in [0, 0.05) is 12.6 Å². The van der Waals surface area contributed by atoms with E-state index >= 15 is 0 Å². The van der Waals surface area contributed by atoms with Crippen LogP contribution in [0.4, 0.5) is 0 Å². The van der Waals surface area contributed by atoms with Gasteiger partial charge in [-0.2, -0.15) is 0 Å². The molecule has 0 radical (unpaired) electrons. The van der Waals surface area contributed by atoms with E-state index in [1.165, 1.54) is 12.0 Å². The summed E-state index contributed by atoms with van der Waals surface area (Å²) in [6.07, 6.45) is 6.13. The Hall–Kier alpha value is -2.82. The number of ether oxygens (including phenoxy) is 1. The van der Waals surface area contributed by atoms with E-state index in [0.29, 0.717) is 18.7 Å². The quantitative estimate of drug-likeness (QED) is 0.606. The van der Waals surface area contributed by atoms with Crippen LogP contribution >= 0.6 is 0 Å². The minimum atomic E-state index is -0.520. The Morgan fingerprint density at radius 2 is 1.75 bits per heavy atom. The van der Waals surface area contributed by atoms with Gasteiger partial charge in [0.05, 0.1) is 0 Å². The van der Waals surface area contributed by atoms with E-state index in [1.54, 1.807) is 4.90 Å². The van der Waals surface area contributed by atoms with Crippen LogP contribution in [0.2, 0.25) is 0 Å². The highest BCUT2D eigenvalue weighted by atomic mass is 16.5. The predicted octanol–water partition coefficient (Wildman–Crippen LogP) is 4.94. The molecular formula is C27H36N2O3. The van der Waals surface area contributed by atoms with Gasteiger partial charge in [0.25, 0.3) is 5.91 Å². The van der Waals surface area contributed by atoms with Crippen molar-refractivity contribution in [3.8, 4) is 5.75 Å². The molecule has 172 valence electrons. The fourth-order valence-corrected chi connectivity index (χ4v) is 4.28. The molecule has 0 aromatic heterocycles. The summed E-state index contributed by atoms with van der Waals surface area (Å²) < 4.78 is 5.82. The SMILES string of the molecule is CC[C@H](C(=O)NC1CCCCC1)N(Cc1ccccc1)C(=O)COc1ccc(C)c(C)c1. The lowest BCUT2D eigenvalue weighted by Gasteiger charge is -2.32. The highest BCUT2D eigenvalue weighted by Crippen LogP contribution is 2.20. The van der Waals surface area contributed by atoms with E-state index in [-0.39, 0.29) is 24.5 Å². The molecule has 3 rings (SSSR count). The van der Waals surface area contributed by atoms with Gasteiger partial charge >= 0.3 is 0 Å². The van der Waals surface area contributed by atoms with Crippen LogP contribution in [0, 0.1) is 13.8 Å². The molecule has 0 spiro atoms. The fraction of sp³-hybridized carbons (Fsp3) is 0.481. The fourth-order valence-electron chi connectivity index (χ4n) is 4.28. The number of nitrogens with zero attached hydrogens (tertiary/aromatic N) is 1. The summed E-state index contributed by atoms with van der Waals surface area (Å²) in [6, 6.07) is 15.3. The second kappa shape index (κ2) is 11.7. The monoisotopic (exact) mass is 436 g/mol. The standard InChI is InChI=1S/C27H36N2O3/c1-4-25(27(31)28-23-13-9-6-10-14-23)29(18-22-11-7-5-8-12-22)26(30)19-32-24-16-15-20(2)21(3)17-24/h5,7-8,11-12,15-17,23,25H,4,6,9-10,13-14,18-19H2,1-3H3,(H,28,31)/t25-/m1/s1. The summed E-state index contributed by atoms with van der Waals surface area (Å²) in [5, 5.41) is 3.20. The topological polar surface area (TPSA) is 58.6 Å². The van der Waals surface area contributed by atoms with Gasteiger partial charge in [0.15, 0.2) is 6.61 Å². The van der Waals surface area contributed by atoms with Gasteiger partial charge < -0.3 is 15.0 Å². The van der Waals surface area contributed by atoms with Crippen molar-refractivity contribution in [1.82, 2.24) is 10.2 Å². The Labute approximate surface area is 192 Å². The molecule has 0 unspecified atom stereocenters. The first-order valence-corrected chi connectivity index (χ1v) is 11.8. The highest BCUT2D eigenvalue weighted by molar-refractivity contribution is 5.88. The number of carbonyl (C=O) groups excluding carboxylic acids is 2. The Morgan fingerprint density at radius 1 is 1.03 bits per heavy atom. The molecule has 2 aromatic rings. The van der Waals surface area contributed by atoms with E-state index < -0.39 is 6.04 Å². The van der Waals surface area contributed by atoms with Crippen LogP contribution < -0.4 is 10.1 Å². The van der Waals surface area contributed by atoms with Gasteiger partial charge in [-0.05, 0) is 61.9 Å². The van der Waals surface area contributed by atoms with Crippen molar-refractivity contribution in [2.45, 2.75) is 77.9 Å². The maximum absolute atomic E-state index is 13.3. The summed E-state index contributed by atoms with van der Waals surface area (Å²) in [5.74, 6) is 0.424. The molecule has 1 atom stereocenters. The molecule has 1 N–H and O–H groups in total. The van der Waals surface area contributed by atoms with Gasteiger partial charge in [-0.15, -0.1) is 0 Å². The van der Waals surface area contributed by atoms with E-state index in [0.717, 1.165) is 36.8 Å². The molecule has 2 amide bonds. The number of benzene rings is 2. The number of aryl methyl sites for hydroxylation is 2. The molecule has 32 heavy (non-hydrogen) atoms. The van der Waals surface area contributed by atoms with E-state index in [1.807, 2.05) is 69.3 Å². The maximum Gasteiger partial charge on any atom is 0.261 e. The van der Waals surface area contributed by atoms with Crippen LogP contribution in [-0.2, 0) is 16.1 Å². The van der Waals surface area contributed by atoms with Crippen LogP contribution in [0.15, 0.2) is 48.5 Å². The number of hydrogen-bond acceptors (Lipinski definition) is 3. The molecule has 1 aliphatic carbocycles. The molecule has 2 aromatic carbocycles. The number of hydrogen-bond donors (Lipinski definition) is 1. The normalized spacial score (nSPS) is 15.1.